The van der Waals surface area contributed by atoms with Crippen molar-refractivity contribution in [2.24, 2.45) is 5.73 Å². The van der Waals surface area contributed by atoms with E-state index < -0.39 is 5.91 Å². The van der Waals surface area contributed by atoms with Crippen LogP contribution in [-0.4, -0.2) is 47.1 Å². The van der Waals surface area contributed by atoms with E-state index in [0.29, 0.717) is 17.0 Å². The molecule has 0 bridgehead atoms. The molecule has 1 aliphatic rings. The van der Waals surface area contributed by atoms with E-state index in [9.17, 15) is 4.79 Å². The normalized spacial score (nSPS) is 13.6. The maximum Gasteiger partial charge on any atom is 0.250 e. The molecule has 0 radical (unpaired) electrons. The fourth-order valence-corrected chi connectivity index (χ4v) is 4.18. The van der Waals surface area contributed by atoms with E-state index in [0.717, 1.165) is 54.9 Å². The van der Waals surface area contributed by atoms with E-state index in [4.69, 9.17) is 15.2 Å². The summed E-state index contributed by atoms with van der Waals surface area (Å²) in [6.45, 7) is 8.57. The molecule has 1 aliphatic heterocycles. The summed E-state index contributed by atoms with van der Waals surface area (Å²) in [6, 6.07) is 19.9. The first kappa shape index (κ1) is 25.3. The van der Waals surface area contributed by atoms with Gasteiger partial charge >= 0.3 is 0 Å². The quantitative estimate of drug-likeness (QED) is 0.404. The average Bonchev–Trinajstić information content (AvgIpc) is 2.94. The minimum Gasteiger partial charge on any atom is -0.487 e. The van der Waals surface area contributed by atoms with Crippen LogP contribution in [0, 0.1) is 0 Å². The van der Waals surface area contributed by atoms with Gasteiger partial charge in [-0.05, 0) is 53.1 Å². The molecule has 1 amide bonds. The van der Waals surface area contributed by atoms with Crippen molar-refractivity contribution in [3.05, 3.63) is 89.9 Å². The van der Waals surface area contributed by atoms with Gasteiger partial charge in [-0.25, -0.2) is 0 Å². The summed E-state index contributed by atoms with van der Waals surface area (Å²) in [5.41, 5.74) is 10.6. The van der Waals surface area contributed by atoms with Crippen molar-refractivity contribution in [2.45, 2.75) is 27.0 Å². The number of aromatic nitrogens is 2. The number of fused-ring (bicyclic) bond motifs is 1. The number of pyridine rings is 2. The van der Waals surface area contributed by atoms with Gasteiger partial charge in [-0.3, -0.25) is 19.7 Å². The Morgan fingerprint density at radius 3 is 2.44 bits per heavy atom. The van der Waals surface area contributed by atoms with Gasteiger partial charge in [-0.15, -0.1) is 0 Å². The molecule has 1 saturated heterocycles. The molecule has 2 aromatic heterocycles. The van der Waals surface area contributed by atoms with Crippen molar-refractivity contribution in [2.75, 3.05) is 26.3 Å². The largest absolute Gasteiger partial charge is 0.487 e. The Morgan fingerprint density at radius 2 is 1.69 bits per heavy atom. The molecule has 1 fully saturated rings. The highest BCUT2D eigenvalue weighted by Crippen LogP contribution is 2.32. The van der Waals surface area contributed by atoms with Crippen LogP contribution in [0.5, 0.6) is 5.75 Å². The molecule has 0 atom stereocenters. The Morgan fingerprint density at radius 1 is 0.972 bits per heavy atom. The molecule has 0 spiro atoms. The Balaban J connectivity index is 0.00000148. The van der Waals surface area contributed by atoms with Crippen LogP contribution < -0.4 is 10.5 Å². The number of amides is 1. The number of nitrogens with two attached hydrogens (primary N) is 1. The van der Waals surface area contributed by atoms with Crippen molar-refractivity contribution >= 4 is 16.8 Å². The summed E-state index contributed by atoms with van der Waals surface area (Å²) in [7, 11) is 0. The van der Waals surface area contributed by atoms with Crippen molar-refractivity contribution in [1.82, 2.24) is 14.9 Å². The van der Waals surface area contributed by atoms with Gasteiger partial charge in [0, 0.05) is 37.4 Å². The van der Waals surface area contributed by atoms with Crippen molar-refractivity contribution in [1.29, 1.82) is 0 Å². The van der Waals surface area contributed by atoms with E-state index >= 15 is 0 Å². The fourth-order valence-electron chi connectivity index (χ4n) is 4.18. The minimum atomic E-state index is -0.524. The van der Waals surface area contributed by atoms with Gasteiger partial charge in [0.25, 0.3) is 5.91 Å². The number of morpholine rings is 1. The number of carbonyl (C=O) groups excluding carboxylic acids is 1. The Kier molecular flexibility index (Phi) is 8.60. The average molecular weight is 485 g/mol. The third kappa shape index (κ3) is 6.05. The lowest BCUT2D eigenvalue weighted by molar-refractivity contribution is 0.0342. The SMILES string of the molecule is CC.NC(=O)c1cccnc1COc1cc(-c2ccc(CN3CCOCC3)cc2)cc2ncccc12. The lowest BCUT2D eigenvalue weighted by Gasteiger charge is -2.26. The third-order valence-electron chi connectivity index (χ3n) is 6.00. The highest BCUT2D eigenvalue weighted by Gasteiger charge is 2.13. The first-order valence-corrected chi connectivity index (χ1v) is 12.3. The highest BCUT2D eigenvalue weighted by molar-refractivity contribution is 5.94. The van der Waals surface area contributed by atoms with Gasteiger partial charge in [-0.1, -0.05) is 38.1 Å². The molecule has 186 valence electrons. The second-order valence-corrected chi connectivity index (χ2v) is 8.28. The van der Waals surface area contributed by atoms with Gasteiger partial charge in [-0.2, -0.15) is 0 Å². The molecule has 0 aliphatic carbocycles. The van der Waals surface area contributed by atoms with Crippen molar-refractivity contribution < 1.29 is 14.3 Å². The van der Waals surface area contributed by atoms with Crippen LogP contribution >= 0.6 is 0 Å². The van der Waals surface area contributed by atoms with E-state index in [-0.39, 0.29) is 6.61 Å². The third-order valence-corrected chi connectivity index (χ3v) is 6.00. The number of hydrogen-bond donors (Lipinski definition) is 1. The lowest BCUT2D eigenvalue weighted by Crippen LogP contribution is -2.35. The number of carbonyl (C=O) groups is 1. The molecule has 0 unspecified atom stereocenters. The van der Waals surface area contributed by atoms with E-state index in [2.05, 4.69) is 45.2 Å². The Bertz CT molecular complexity index is 1300. The molecule has 2 aromatic carbocycles. The van der Waals surface area contributed by atoms with Gasteiger partial charge in [0.05, 0.1) is 30.0 Å². The van der Waals surface area contributed by atoms with E-state index in [1.54, 1.807) is 24.5 Å². The van der Waals surface area contributed by atoms with E-state index in [1.165, 1.54) is 5.56 Å². The summed E-state index contributed by atoms with van der Waals surface area (Å²) in [5, 5.41) is 0.895. The van der Waals surface area contributed by atoms with Crippen LogP contribution in [0.4, 0.5) is 0 Å². The predicted molar refractivity (Wildman–Crippen MR) is 142 cm³/mol. The predicted octanol–water partition coefficient (Wildman–Crippen LogP) is 4.83. The fraction of sp³-hybridized carbons (Fsp3) is 0.276. The molecule has 7 heteroatoms. The molecule has 7 nitrogen and oxygen atoms in total. The maximum atomic E-state index is 11.7. The van der Waals surface area contributed by atoms with Crippen molar-refractivity contribution in [3.63, 3.8) is 0 Å². The van der Waals surface area contributed by atoms with Crippen LogP contribution in [0.3, 0.4) is 0 Å². The zero-order valence-electron chi connectivity index (χ0n) is 20.8. The first-order chi connectivity index (χ1) is 17.7. The molecule has 4 aromatic rings. The smallest absolute Gasteiger partial charge is 0.250 e. The number of benzene rings is 2. The number of primary amides is 1. The molecule has 0 saturated carbocycles. The molecular weight excluding hydrogens is 452 g/mol. The molecule has 2 N–H and O–H groups in total. The van der Waals surface area contributed by atoms with Crippen LogP contribution in [0.25, 0.3) is 22.0 Å². The highest BCUT2D eigenvalue weighted by atomic mass is 16.5. The van der Waals surface area contributed by atoms with Gasteiger partial charge in [0.15, 0.2) is 0 Å². The number of ether oxygens (including phenoxy) is 2. The maximum absolute atomic E-state index is 11.7. The molecule has 36 heavy (non-hydrogen) atoms. The van der Waals surface area contributed by atoms with Crippen LogP contribution in [0.15, 0.2) is 73.1 Å². The first-order valence-electron chi connectivity index (χ1n) is 12.3. The van der Waals surface area contributed by atoms with Gasteiger partial charge in [0.2, 0.25) is 0 Å². The van der Waals surface area contributed by atoms with Crippen LogP contribution in [0.2, 0.25) is 0 Å². The monoisotopic (exact) mass is 484 g/mol. The summed E-state index contributed by atoms with van der Waals surface area (Å²) < 4.78 is 11.6. The Hall–Kier alpha value is -3.81. The summed E-state index contributed by atoms with van der Waals surface area (Å²) in [4.78, 5) is 23.0. The van der Waals surface area contributed by atoms with Crippen molar-refractivity contribution in [3.8, 4) is 16.9 Å². The Labute approximate surface area is 211 Å². The lowest BCUT2D eigenvalue weighted by atomic mass is 10.0. The second-order valence-electron chi connectivity index (χ2n) is 8.28. The number of hydrogen-bond acceptors (Lipinski definition) is 6. The summed E-state index contributed by atoms with van der Waals surface area (Å²) in [6.07, 6.45) is 3.39. The zero-order valence-corrected chi connectivity index (χ0v) is 20.8. The second kappa shape index (κ2) is 12.2. The summed E-state index contributed by atoms with van der Waals surface area (Å²) >= 11 is 0. The van der Waals surface area contributed by atoms with E-state index in [1.807, 2.05) is 32.0 Å². The zero-order chi connectivity index (χ0) is 25.3. The number of nitrogens with zero attached hydrogens (tertiary/aromatic N) is 3. The van der Waals surface area contributed by atoms with Gasteiger partial charge in [0.1, 0.15) is 12.4 Å². The van der Waals surface area contributed by atoms with Crippen LogP contribution in [-0.2, 0) is 17.9 Å². The van der Waals surface area contributed by atoms with Gasteiger partial charge < -0.3 is 15.2 Å². The topological polar surface area (TPSA) is 90.6 Å². The molecule has 3 heterocycles. The number of rotatable bonds is 7. The molecule has 5 rings (SSSR count). The van der Waals surface area contributed by atoms with Crippen LogP contribution in [0.1, 0.15) is 35.5 Å². The standard InChI is InChI=1S/C27H26N4O3.C2H6/c28-27(32)23-4-2-10-30-25(23)18-34-26-16-21(15-24-22(26)3-1-9-29-24)20-7-5-19(6-8-20)17-31-11-13-33-14-12-31;1-2/h1-10,15-16H,11-14,17-18H2,(H2,28,32);1-2H3. The minimum absolute atomic E-state index is 0.130. The summed E-state index contributed by atoms with van der Waals surface area (Å²) in [5.74, 6) is 0.156. The molecular formula is C29H32N4O3.